The maximum Gasteiger partial charge on any atom is 0.416 e. The first kappa shape index (κ1) is 14.8. The quantitative estimate of drug-likeness (QED) is 0.828. The van der Waals surface area contributed by atoms with Gasteiger partial charge in [0.1, 0.15) is 0 Å². The predicted molar refractivity (Wildman–Crippen MR) is 73.4 cm³/mol. The number of alkyl halides is 3. The largest absolute Gasteiger partial charge is 0.416 e. The highest BCUT2D eigenvalue weighted by atomic mass is 32.2. The average Bonchev–Trinajstić information content (AvgIpc) is 2.39. The van der Waals surface area contributed by atoms with Crippen molar-refractivity contribution >= 4 is 10.8 Å². The van der Waals surface area contributed by atoms with E-state index >= 15 is 0 Å². The minimum absolute atomic E-state index is 0.124. The second-order valence-electron chi connectivity index (χ2n) is 4.41. The fourth-order valence-corrected chi connectivity index (χ4v) is 3.05. The van der Waals surface area contributed by atoms with Gasteiger partial charge in [0.05, 0.1) is 5.56 Å². The molecular formula is C15H13F3OS. The Morgan fingerprint density at radius 3 is 2.10 bits per heavy atom. The smallest absolute Gasteiger partial charge is 0.259 e. The molecule has 1 nitrogen and oxygen atoms in total. The summed E-state index contributed by atoms with van der Waals surface area (Å²) in [5.74, 6) is 0.468. The topological polar surface area (TPSA) is 17.1 Å². The van der Waals surface area contributed by atoms with E-state index in [9.17, 15) is 17.4 Å². The predicted octanol–water partition coefficient (Wildman–Crippen LogP) is 4.15. The molecule has 0 radical (unpaired) electrons. The van der Waals surface area contributed by atoms with Gasteiger partial charge in [-0.15, -0.1) is 0 Å². The molecule has 0 aliphatic rings. The number of rotatable bonds is 4. The monoisotopic (exact) mass is 298 g/mol. The van der Waals surface area contributed by atoms with Crippen LogP contribution in [0.1, 0.15) is 16.7 Å². The molecule has 0 amide bonds. The third-order valence-corrected chi connectivity index (χ3v) is 4.06. The summed E-state index contributed by atoms with van der Waals surface area (Å²) in [5, 5.41) is 0. The Bertz CT molecular complexity index is 594. The van der Waals surface area contributed by atoms with E-state index in [1.807, 2.05) is 30.3 Å². The van der Waals surface area contributed by atoms with Gasteiger partial charge in [0.25, 0.3) is 0 Å². The minimum Gasteiger partial charge on any atom is -0.259 e. The van der Waals surface area contributed by atoms with Crippen LogP contribution in [-0.4, -0.2) is 4.21 Å². The van der Waals surface area contributed by atoms with Crippen LogP contribution in [0.15, 0.2) is 54.6 Å². The normalized spacial score (nSPS) is 13.2. The lowest BCUT2D eigenvalue weighted by molar-refractivity contribution is -0.137. The standard InChI is InChI=1S/C15H13F3OS/c16-15(17,18)14-8-4-7-13(9-14)11-20(19)10-12-5-2-1-3-6-12/h1-9H,10-11H2/t20-/m0/s1. The molecule has 0 unspecified atom stereocenters. The van der Waals surface area contributed by atoms with E-state index in [2.05, 4.69) is 0 Å². The van der Waals surface area contributed by atoms with Crippen molar-refractivity contribution in [3.05, 3.63) is 71.3 Å². The van der Waals surface area contributed by atoms with E-state index in [-0.39, 0.29) is 5.75 Å². The summed E-state index contributed by atoms with van der Waals surface area (Å²) in [4.78, 5) is 0. The molecule has 0 N–H and O–H groups in total. The van der Waals surface area contributed by atoms with Gasteiger partial charge in [0.2, 0.25) is 0 Å². The summed E-state index contributed by atoms with van der Waals surface area (Å²) in [6, 6.07) is 14.2. The van der Waals surface area contributed by atoms with Crippen molar-refractivity contribution in [2.45, 2.75) is 17.7 Å². The fourth-order valence-electron chi connectivity index (χ4n) is 1.83. The second kappa shape index (κ2) is 6.22. The highest BCUT2D eigenvalue weighted by Crippen LogP contribution is 2.29. The Morgan fingerprint density at radius 2 is 1.45 bits per heavy atom. The lowest BCUT2D eigenvalue weighted by Gasteiger charge is -2.08. The number of halogens is 3. The number of hydrogen-bond donors (Lipinski definition) is 0. The summed E-state index contributed by atoms with van der Waals surface area (Å²) in [7, 11) is -1.22. The first-order chi connectivity index (χ1) is 9.45. The van der Waals surface area contributed by atoms with Crippen LogP contribution in [0.5, 0.6) is 0 Å². The summed E-state index contributed by atoms with van der Waals surface area (Å²) < 4.78 is 49.7. The third kappa shape index (κ3) is 4.20. The highest BCUT2D eigenvalue weighted by Gasteiger charge is 2.30. The van der Waals surface area contributed by atoms with E-state index in [0.717, 1.165) is 17.7 Å². The SMILES string of the molecule is O=[S@@](Cc1ccccc1)Cc1cccc(C(F)(F)F)c1. The zero-order chi connectivity index (χ0) is 14.6. The molecule has 2 aromatic rings. The van der Waals surface area contributed by atoms with Crippen molar-refractivity contribution in [1.29, 1.82) is 0 Å². The van der Waals surface area contributed by atoms with Gasteiger partial charge in [-0.1, -0.05) is 48.5 Å². The van der Waals surface area contributed by atoms with Crippen LogP contribution in [0.3, 0.4) is 0 Å². The van der Waals surface area contributed by atoms with Gasteiger partial charge in [-0.3, -0.25) is 4.21 Å². The molecule has 0 heterocycles. The van der Waals surface area contributed by atoms with Gasteiger partial charge in [0, 0.05) is 22.3 Å². The number of hydrogen-bond acceptors (Lipinski definition) is 1. The van der Waals surface area contributed by atoms with Crippen LogP contribution in [-0.2, 0) is 28.5 Å². The van der Waals surface area contributed by atoms with E-state index in [1.165, 1.54) is 6.07 Å². The molecule has 2 aromatic carbocycles. The van der Waals surface area contributed by atoms with Gasteiger partial charge >= 0.3 is 6.18 Å². The molecule has 0 aliphatic carbocycles. The van der Waals surface area contributed by atoms with Gasteiger partial charge in [-0.2, -0.15) is 13.2 Å². The Labute approximate surface area is 117 Å². The van der Waals surface area contributed by atoms with E-state index < -0.39 is 22.5 Å². The van der Waals surface area contributed by atoms with Crippen LogP contribution >= 0.6 is 0 Å². The summed E-state index contributed by atoms with van der Waals surface area (Å²) in [6.07, 6.45) is -4.36. The lowest BCUT2D eigenvalue weighted by Crippen LogP contribution is -2.06. The summed E-state index contributed by atoms with van der Waals surface area (Å²) >= 11 is 0. The van der Waals surface area contributed by atoms with Crippen LogP contribution in [0.4, 0.5) is 13.2 Å². The average molecular weight is 298 g/mol. The Kier molecular flexibility index (Phi) is 4.60. The van der Waals surface area contributed by atoms with Gasteiger partial charge in [0.15, 0.2) is 0 Å². The van der Waals surface area contributed by atoms with Crippen molar-refractivity contribution in [1.82, 2.24) is 0 Å². The highest BCUT2D eigenvalue weighted by molar-refractivity contribution is 7.83. The molecule has 5 heteroatoms. The third-order valence-electron chi connectivity index (χ3n) is 2.75. The Hall–Kier alpha value is -1.62. The lowest BCUT2D eigenvalue weighted by atomic mass is 10.1. The fraction of sp³-hybridized carbons (Fsp3) is 0.200. The molecule has 0 spiro atoms. The van der Waals surface area contributed by atoms with Gasteiger partial charge < -0.3 is 0 Å². The minimum atomic E-state index is -4.36. The van der Waals surface area contributed by atoms with Crippen molar-refractivity contribution in [3.8, 4) is 0 Å². The van der Waals surface area contributed by atoms with E-state index in [4.69, 9.17) is 0 Å². The first-order valence-corrected chi connectivity index (χ1v) is 7.49. The van der Waals surface area contributed by atoms with Gasteiger partial charge in [-0.05, 0) is 17.2 Å². The molecule has 106 valence electrons. The van der Waals surface area contributed by atoms with Crippen molar-refractivity contribution in [2.75, 3.05) is 0 Å². The summed E-state index contributed by atoms with van der Waals surface area (Å²) in [5.41, 5.74) is 0.651. The Balaban J connectivity index is 2.05. The van der Waals surface area contributed by atoms with Crippen molar-refractivity contribution in [2.24, 2.45) is 0 Å². The van der Waals surface area contributed by atoms with E-state index in [1.54, 1.807) is 6.07 Å². The second-order valence-corrected chi connectivity index (χ2v) is 5.87. The molecule has 0 saturated heterocycles. The zero-order valence-corrected chi connectivity index (χ0v) is 11.4. The molecule has 0 aromatic heterocycles. The molecule has 0 saturated carbocycles. The zero-order valence-electron chi connectivity index (χ0n) is 10.6. The maximum atomic E-state index is 12.6. The van der Waals surface area contributed by atoms with Gasteiger partial charge in [-0.25, -0.2) is 0 Å². The first-order valence-electron chi connectivity index (χ1n) is 6.00. The van der Waals surface area contributed by atoms with Crippen molar-refractivity contribution < 1.29 is 17.4 Å². The van der Waals surface area contributed by atoms with Crippen LogP contribution < -0.4 is 0 Å². The number of benzene rings is 2. The van der Waals surface area contributed by atoms with Crippen LogP contribution in [0, 0.1) is 0 Å². The summed E-state index contributed by atoms with van der Waals surface area (Å²) in [6.45, 7) is 0. The van der Waals surface area contributed by atoms with Crippen LogP contribution in [0.2, 0.25) is 0 Å². The molecule has 2 rings (SSSR count). The maximum absolute atomic E-state index is 12.6. The Morgan fingerprint density at radius 1 is 0.850 bits per heavy atom. The molecule has 20 heavy (non-hydrogen) atoms. The molecule has 0 aliphatic heterocycles. The molecule has 0 bridgehead atoms. The van der Waals surface area contributed by atoms with Crippen molar-refractivity contribution in [3.63, 3.8) is 0 Å². The van der Waals surface area contributed by atoms with E-state index in [0.29, 0.717) is 11.3 Å². The molecule has 1 atom stereocenters. The molecule has 0 fully saturated rings. The molecular weight excluding hydrogens is 285 g/mol. The van der Waals surface area contributed by atoms with Crippen LogP contribution in [0.25, 0.3) is 0 Å².